The molecule has 2 aromatic heterocycles. The fourth-order valence-corrected chi connectivity index (χ4v) is 3.14. The van der Waals surface area contributed by atoms with E-state index < -0.39 is 0 Å². The molecule has 0 aromatic carbocycles. The van der Waals surface area contributed by atoms with Crippen LogP contribution in [0.15, 0.2) is 23.8 Å². The average Bonchev–Trinajstić information content (AvgIpc) is 2.93. The van der Waals surface area contributed by atoms with Gasteiger partial charge in [0.1, 0.15) is 0 Å². The van der Waals surface area contributed by atoms with Crippen LogP contribution in [0.4, 0.5) is 0 Å². The molecular weight excluding hydrogens is 310 g/mol. The van der Waals surface area contributed by atoms with Crippen molar-refractivity contribution in [2.24, 2.45) is 5.41 Å². The van der Waals surface area contributed by atoms with Crippen LogP contribution in [0, 0.1) is 5.41 Å². The normalized spacial score (nSPS) is 11.7. The molecule has 0 spiro atoms. The molecule has 2 aromatic rings. The molecule has 2 rings (SSSR count). The van der Waals surface area contributed by atoms with Gasteiger partial charge in [0.25, 0.3) is 0 Å². The Kier molecular flexibility index (Phi) is 5.79. The number of aromatic nitrogens is 3. The van der Waals surface area contributed by atoms with Crippen molar-refractivity contribution in [1.29, 1.82) is 0 Å². The first-order valence-electron chi connectivity index (χ1n) is 7.49. The zero-order valence-electron chi connectivity index (χ0n) is 14.0. The second kappa shape index (κ2) is 7.61. The molecular formula is C16H23N5OS. The quantitative estimate of drug-likeness (QED) is 0.837. The number of thiazole rings is 1. The fourth-order valence-electron chi connectivity index (χ4n) is 2.38. The highest BCUT2D eigenvalue weighted by atomic mass is 32.1. The molecule has 0 aliphatic heterocycles. The van der Waals surface area contributed by atoms with E-state index in [-0.39, 0.29) is 17.7 Å². The van der Waals surface area contributed by atoms with Crippen molar-refractivity contribution in [1.82, 2.24) is 25.2 Å². The van der Waals surface area contributed by atoms with Crippen LogP contribution in [0.5, 0.6) is 0 Å². The Labute approximate surface area is 141 Å². The summed E-state index contributed by atoms with van der Waals surface area (Å²) in [6, 6.07) is 1.76. The third kappa shape index (κ3) is 5.69. The molecule has 2 heterocycles. The molecule has 0 bridgehead atoms. The average molecular weight is 333 g/mol. The lowest BCUT2D eigenvalue weighted by atomic mass is 9.93. The molecule has 6 nitrogen and oxygen atoms in total. The van der Waals surface area contributed by atoms with Crippen LogP contribution in [0.1, 0.15) is 19.5 Å². The maximum Gasteiger partial charge on any atom is 0.226 e. The van der Waals surface area contributed by atoms with Crippen LogP contribution in [0.2, 0.25) is 0 Å². The van der Waals surface area contributed by atoms with Gasteiger partial charge in [-0.1, -0.05) is 13.8 Å². The Balaban J connectivity index is 1.88. The lowest BCUT2D eigenvalue weighted by molar-refractivity contribution is -0.120. The predicted octanol–water partition coefficient (Wildman–Crippen LogP) is 1.85. The summed E-state index contributed by atoms with van der Waals surface area (Å²) in [6.07, 6.45) is 3.65. The molecule has 124 valence electrons. The summed E-state index contributed by atoms with van der Waals surface area (Å²) < 4.78 is 0. The molecule has 7 heteroatoms. The zero-order chi connectivity index (χ0) is 16.9. The van der Waals surface area contributed by atoms with Crippen molar-refractivity contribution in [3.63, 3.8) is 0 Å². The highest BCUT2D eigenvalue weighted by Gasteiger charge is 2.20. The second-order valence-electron chi connectivity index (χ2n) is 6.57. The van der Waals surface area contributed by atoms with Gasteiger partial charge < -0.3 is 10.2 Å². The molecule has 1 N–H and O–H groups in total. The Morgan fingerprint density at radius 3 is 2.65 bits per heavy atom. The van der Waals surface area contributed by atoms with Gasteiger partial charge in [0.15, 0.2) is 10.8 Å². The van der Waals surface area contributed by atoms with Crippen LogP contribution in [0.25, 0.3) is 10.8 Å². The van der Waals surface area contributed by atoms with E-state index in [0.29, 0.717) is 12.4 Å². The molecule has 0 fully saturated rings. The largest absolute Gasteiger partial charge is 0.355 e. The molecule has 0 atom stereocenters. The van der Waals surface area contributed by atoms with Crippen LogP contribution < -0.4 is 5.32 Å². The minimum atomic E-state index is -0.0114. The van der Waals surface area contributed by atoms with E-state index in [1.807, 2.05) is 19.5 Å². The molecule has 0 radical (unpaired) electrons. The van der Waals surface area contributed by atoms with E-state index in [4.69, 9.17) is 0 Å². The lowest BCUT2D eigenvalue weighted by Crippen LogP contribution is -2.40. The third-order valence-corrected chi connectivity index (χ3v) is 4.05. The monoisotopic (exact) mass is 333 g/mol. The fraction of sp³-hybridized carbons (Fsp3) is 0.500. The molecule has 1 amide bonds. The van der Waals surface area contributed by atoms with E-state index in [1.54, 1.807) is 18.5 Å². The number of hydrogen-bond acceptors (Lipinski definition) is 6. The number of nitrogens with one attached hydrogen (secondary N) is 1. The summed E-state index contributed by atoms with van der Waals surface area (Å²) in [6.45, 7) is 5.84. The van der Waals surface area contributed by atoms with Crippen LogP contribution in [-0.2, 0) is 11.2 Å². The number of amides is 1. The SMILES string of the molecule is CN(C)CC(C)(C)CNC(=O)Cc1csc(-c2ncccn2)n1. The molecule has 0 saturated carbocycles. The summed E-state index contributed by atoms with van der Waals surface area (Å²) in [4.78, 5) is 27.0. The van der Waals surface area contributed by atoms with E-state index in [0.717, 1.165) is 17.2 Å². The predicted molar refractivity (Wildman–Crippen MR) is 92.2 cm³/mol. The van der Waals surface area contributed by atoms with Gasteiger partial charge in [0, 0.05) is 30.9 Å². The summed E-state index contributed by atoms with van der Waals surface area (Å²) >= 11 is 1.45. The minimum Gasteiger partial charge on any atom is -0.355 e. The summed E-state index contributed by atoms with van der Waals surface area (Å²) in [5.74, 6) is 0.582. The first-order valence-corrected chi connectivity index (χ1v) is 8.37. The molecule has 0 aliphatic carbocycles. The second-order valence-corrected chi connectivity index (χ2v) is 7.43. The van der Waals surface area contributed by atoms with Crippen molar-refractivity contribution in [3.05, 3.63) is 29.5 Å². The maximum atomic E-state index is 12.1. The molecule has 0 saturated heterocycles. The van der Waals surface area contributed by atoms with Crippen LogP contribution in [0.3, 0.4) is 0 Å². The van der Waals surface area contributed by atoms with Crippen molar-refractivity contribution in [2.75, 3.05) is 27.2 Å². The lowest BCUT2D eigenvalue weighted by Gasteiger charge is -2.28. The number of nitrogens with zero attached hydrogens (tertiary/aromatic N) is 4. The Bertz CT molecular complexity index is 639. The number of hydrogen-bond donors (Lipinski definition) is 1. The number of carbonyl (C=O) groups is 1. The highest BCUT2D eigenvalue weighted by molar-refractivity contribution is 7.13. The summed E-state index contributed by atoms with van der Waals surface area (Å²) in [7, 11) is 4.07. The maximum absolute atomic E-state index is 12.1. The van der Waals surface area contributed by atoms with E-state index in [9.17, 15) is 4.79 Å². The van der Waals surface area contributed by atoms with E-state index >= 15 is 0 Å². The summed E-state index contributed by atoms with van der Waals surface area (Å²) in [5, 5.41) is 5.62. The van der Waals surface area contributed by atoms with Crippen LogP contribution >= 0.6 is 11.3 Å². The molecule has 0 aliphatic rings. The van der Waals surface area contributed by atoms with Gasteiger partial charge in [-0.25, -0.2) is 15.0 Å². The Morgan fingerprint density at radius 1 is 1.30 bits per heavy atom. The highest BCUT2D eigenvalue weighted by Crippen LogP contribution is 2.20. The standard InChI is InChI=1S/C16H23N5OS/c1-16(2,11-21(3)4)10-19-13(22)8-12-9-23-15(20-12)14-17-6-5-7-18-14/h5-7,9H,8,10-11H2,1-4H3,(H,19,22). The van der Waals surface area contributed by atoms with Crippen LogP contribution in [-0.4, -0.2) is 52.9 Å². The smallest absolute Gasteiger partial charge is 0.226 e. The van der Waals surface area contributed by atoms with Gasteiger partial charge in [0.2, 0.25) is 5.91 Å². The van der Waals surface area contributed by atoms with Gasteiger partial charge in [-0.3, -0.25) is 4.79 Å². The van der Waals surface area contributed by atoms with E-state index in [1.165, 1.54) is 11.3 Å². The Hall–Kier alpha value is -1.86. The van der Waals surface area contributed by atoms with Gasteiger partial charge in [-0.2, -0.15) is 0 Å². The zero-order valence-corrected chi connectivity index (χ0v) is 14.9. The van der Waals surface area contributed by atoms with Gasteiger partial charge in [-0.05, 0) is 25.6 Å². The minimum absolute atomic E-state index is 0.0114. The first kappa shape index (κ1) is 17.5. The third-order valence-electron chi connectivity index (χ3n) is 3.16. The first-order chi connectivity index (χ1) is 10.9. The van der Waals surface area contributed by atoms with Gasteiger partial charge in [-0.15, -0.1) is 11.3 Å². The Morgan fingerprint density at radius 2 is 2.00 bits per heavy atom. The molecule has 0 unspecified atom stereocenters. The van der Waals surface area contributed by atoms with Gasteiger partial charge in [0.05, 0.1) is 12.1 Å². The van der Waals surface area contributed by atoms with Crippen molar-refractivity contribution in [3.8, 4) is 10.8 Å². The van der Waals surface area contributed by atoms with Gasteiger partial charge >= 0.3 is 0 Å². The molecule has 23 heavy (non-hydrogen) atoms. The topological polar surface area (TPSA) is 71.0 Å². The van der Waals surface area contributed by atoms with E-state index in [2.05, 4.69) is 39.0 Å². The number of rotatable bonds is 7. The van der Waals surface area contributed by atoms with Crippen molar-refractivity contribution < 1.29 is 4.79 Å². The van der Waals surface area contributed by atoms with Crippen molar-refractivity contribution >= 4 is 17.2 Å². The van der Waals surface area contributed by atoms with Crippen molar-refractivity contribution in [2.45, 2.75) is 20.3 Å². The summed E-state index contributed by atoms with van der Waals surface area (Å²) in [5.41, 5.74) is 0.782. The number of carbonyl (C=O) groups excluding carboxylic acids is 1.